The zero-order valence-electron chi connectivity index (χ0n) is 15.7. The fourth-order valence-corrected chi connectivity index (χ4v) is 4.16. The van der Waals surface area contributed by atoms with Crippen LogP contribution in [0, 0.1) is 5.92 Å². The van der Waals surface area contributed by atoms with Crippen LogP contribution in [0.5, 0.6) is 5.75 Å². The average molecular weight is 363 g/mol. The smallest absolute Gasteiger partial charge is 0.193 e. The highest BCUT2D eigenvalue weighted by atomic mass is 16.5. The van der Waals surface area contributed by atoms with Gasteiger partial charge in [0.05, 0.1) is 12.8 Å². The van der Waals surface area contributed by atoms with Gasteiger partial charge < -0.3 is 21.2 Å². The number of nitrogens with one attached hydrogen (secondary N) is 1. The molecule has 1 aromatic heterocycles. The predicted octanol–water partition coefficient (Wildman–Crippen LogP) is 3.45. The summed E-state index contributed by atoms with van der Waals surface area (Å²) in [5, 5.41) is 1.04. The van der Waals surface area contributed by atoms with E-state index in [0.29, 0.717) is 22.8 Å². The SMILES string of the molecule is CCC1Cc2c([nH]c3ccc(C(=O)c4cccc(OC)c4)cc23)C(N)(N)C1. The summed E-state index contributed by atoms with van der Waals surface area (Å²) in [6.45, 7) is 2.17. The summed E-state index contributed by atoms with van der Waals surface area (Å²) < 4.78 is 5.24. The number of hydrogen-bond donors (Lipinski definition) is 3. The highest BCUT2D eigenvalue weighted by Gasteiger charge is 2.36. The molecule has 1 heterocycles. The van der Waals surface area contributed by atoms with Crippen molar-refractivity contribution in [1.29, 1.82) is 0 Å². The highest BCUT2D eigenvalue weighted by Crippen LogP contribution is 2.38. The molecule has 4 rings (SSSR count). The molecule has 1 aliphatic rings. The minimum Gasteiger partial charge on any atom is -0.497 e. The Kier molecular flexibility index (Phi) is 4.29. The number of fused-ring (bicyclic) bond motifs is 3. The number of carbonyl (C=O) groups excluding carboxylic acids is 1. The van der Waals surface area contributed by atoms with Crippen LogP contribution >= 0.6 is 0 Å². The van der Waals surface area contributed by atoms with Gasteiger partial charge in [0.1, 0.15) is 11.4 Å². The van der Waals surface area contributed by atoms with Gasteiger partial charge in [-0.15, -0.1) is 0 Å². The molecule has 0 saturated heterocycles. The molecule has 1 aliphatic carbocycles. The zero-order chi connectivity index (χ0) is 19.2. The number of ether oxygens (including phenoxy) is 1. The van der Waals surface area contributed by atoms with Crippen molar-refractivity contribution < 1.29 is 9.53 Å². The molecule has 5 heteroatoms. The molecule has 0 fully saturated rings. The van der Waals surface area contributed by atoms with E-state index in [-0.39, 0.29) is 5.78 Å². The van der Waals surface area contributed by atoms with E-state index in [9.17, 15) is 4.79 Å². The first-order valence-electron chi connectivity index (χ1n) is 9.34. The average Bonchev–Trinajstić information content (AvgIpc) is 3.06. The number of aromatic amines is 1. The van der Waals surface area contributed by atoms with Gasteiger partial charge in [-0.2, -0.15) is 0 Å². The standard InChI is InChI=1S/C22H25N3O2/c1-3-13-9-18-17-11-15(20(26)14-5-4-6-16(10-14)27-2)7-8-19(17)25-21(18)22(23,24)12-13/h4-8,10-11,13,25H,3,9,12,23-24H2,1-2H3. The minimum absolute atomic E-state index is 0.0274. The Hall–Kier alpha value is -2.63. The number of hydrogen-bond acceptors (Lipinski definition) is 4. The lowest BCUT2D eigenvalue weighted by atomic mass is 9.79. The van der Waals surface area contributed by atoms with Crippen LogP contribution in [0.3, 0.4) is 0 Å². The van der Waals surface area contributed by atoms with E-state index in [1.54, 1.807) is 19.2 Å². The van der Waals surface area contributed by atoms with Crippen LogP contribution < -0.4 is 16.2 Å². The van der Waals surface area contributed by atoms with Gasteiger partial charge in [-0.1, -0.05) is 25.5 Å². The number of aromatic nitrogens is 1. The lowest BCUT2D eigenvalue weighted by Gasteiger charge is -2.34. The van der Waals surface area contributed by atoms with Crippen LogP contribution in [-0.2, 0) is 12.1 Å². The van der Waals surface area contributed by atoms with E-state index in [4.69, 9.17) is 16.2 Å². The molecule has 2 aromatic carbocycles. The van der Waals surface area contributed by atoms with Gasteiger partial charge in [0, 0.05) is 22.0 Å². The Bertz CT molecular complexity index is 1020. The van der Waals surface area contributed by atoms with Crippen molar-refractivity contribution in [2.24, 2.45) is 17.4 Å². The number of ketones is 1. The van der Waals surface area contributed by atoms with E-state index in [2.05, 4.69) is 11.9 Å². The largest absolute Gasteiger partial charge is 0.497 e. The maximum Gasteiger partial charge on any atom is 0.193 e. The third kappa shape index (κ3) is 3.03. The summed E-state index contributed by atoms with van der Waals surface area (Å²) in [4.78, 5) is 16.4. The number of carbonyl (C=O) groups is 1. The Balaban J connectivity index is 1.80. The zero-order valence-corrected chi connectivity index (χ0v) is 15.7. The summed E-state index contributed by atoms with van der Waals surface area (Å²) in [6, 6.07) is 13.0. The van der Waals surface area contributed by atoms with Crippen molar-refractivity contribution in [1.82, 2.24) is 4.98 Å². The maximum absolute atomic E-state index is 13.0. The van der Waals surface area contributed by atoms with Crippen LogP contribution in [0.2, 0.25) is 0 Å². The molecule has 0 radical (unpaired) electrons. The van der Waals surface area contributed by atoms with Crippen LogP contribution in [0.25, 0.3) is 10.9 Å². The van der Waals surface area contributed by atoms with Crippen molar-refractivity contribution in [3.63, 3.8) is 0 Å². The number of methoxy groups -OCH3 is 1. The summed E-state index contributed by atoms with van der Waals surface area (Å²) in [5.41, 5.74) is 16.2. The quantitative estimate of drug-likeness (QED) is 0.489. The first kappa shape index (κ1) is 17.8. The summed E-state index contributed by atoms with van der Waals surface area (Å²) >= 11 is 0. The van der Waals surface area contributed by atoms with E-state index < -0.39 is 5.66 Å². The fourth-order valence-electron chi connectivity index (χ4n) is 4.16. The van der Waals surface area contributed by atoms with Crippen LogP contribution in [0.15, 0.2) is 42.5 Å². The van der Waals surface area contributed by atoms with Gasteiger partial charge >= 0.3 is 0 Å². The second kappa shape index (κ2) is 6.51. The summed E-state index contributed by atoms with van der Waals surface area (Å²) in [7, 11) is 1.60. The molecular weight excluding hydrogens is 338 g/mol. The van der Waals surface area contributed by atoms with Crippen molar-refractivity contribution in [2.75, 3.05) is 7.11 Å². The van der Waals surface area contributed by atoms with E-state index in [0.717, 1.165) is 41.4 Å². The second-order valence-corrected chi connectivity index (χ2v) is 7.52. The van der Waals surface area contributed by atoms with E-state index in [1.807, 2.05) is 30.3 Å². The van der Waals surface area contributed by atoms with Gasteiger partial charge in [0.25, 0.3) is 0 Å². The predicted molar refractivity (Wildman–Crippen MR) is 107 cm³/mol. The van der Waals surface area contributed by atoms with Gasteiger partial charge in [-0.3, -0.25) is 4.79 Å². The number of H-pyrrole nitrogens is 1. The van der Waals surface area contributed by atoms with Gasteiger partial charge in [-0.25, -0.2) is 0 Å². The molecule has 0 bridgehead atoms. The third-order valence-electron chi connectivity index (χ3n) is 5.66. The molecule has 5 N–H and O–H groups in total. The van der Waals surface area contributed by atoms with Gasteiger partial charge in [-0.05, 0) is 54.7 Å². The first-order valence-corrected chi connectivity index (χ1v) is 9.34. The molecule has 0 amide bonds. The fraction of sp³-hybridized carbons (Fsp3) is 0.318. The first-order chi connectivity index (χ1) is 12.9. The van der Waals surface area contributed by atoms with Crippen molar-refractivity contribution in [2.45, 2.75) is 31.8 Å². The lowest BCUT2D eigenvalue weighted by molar-refractivity contribution is 0.103. The highest BCUT2D eigenvalue weighted by molar-refractivity contribution is 6.11. The lowest BCUT2D eigenvalue weighted by Crippen LogP contribution is -2.50. The molecule has 140 valence electrons. The third-order valence-corrected chi connectivity index (χ3v) is 5.66. The molecule has 1 atom stereocenters. The summed E-state index contributed by atoms with van der Waals surface area (Å²) in [6.07, 6.45) is 2.72. The van der Waals surface area contributed by atoms with Crippen molar-refractivity contribution in [3.8, 4) is 5.75 Å². The van der Waals surface area contributed by atoms with E-state index >= 15 is 0 Å². The minimum atomic E-state index is -0.857. The second-order valence-electron chi connectivity index (χ2n) is 7.52. The van der Waals surface area contributed by atoms with Crippen molar-refractivity contribution >= 4 is 16.7 Å². The normalized spacial score (nSPS) is 18.3. The molecule has 5 nitrogen and oxygen atoms in total. The van der Waals surface area contributed by atoms with Crippen LogP contribution in [0.4, 0.5) is 0 Å². The van der Waals surface area contributed by atoms with Gasteiger partial charge in [0.2, 0.25) is 0 Å². The molecule has 0 saturated carbocycles. The van der Waals surface area contributed by atoms with Gasteiger partial charge in [0.15, 0.2) is 5.78 Å². The Morgan fingerprint density at radius 2 is 2.00 bits per heavy atom. The van der Waals surface area contributed by atoms with Crippen LogP contribution in [0.1, 0.15) is 46.9 Å². The molecule has 1 unspecified atom stereocenters. The number of rotatable bonds is 4. The molecule has 0 aliphatic heterocycles. The summed E-state index contributed by atoms with van der Waals surface area (Å²) in [5.74, 6) is 1.09. The number of nitrogens with two attached hydrogens (primary N) is 2. The Labute approximate surface area is 158 Å². The molecule has 0 spiro atoms. The monoisotopic (exact) mass is 363 g/mol. The van der Waals surface area contributed by atoms with Crippen molar-refractivity contribution in [3.05, 3.63) is 64.8 Å². The van der Waals surface area contributed by atoms with Crippen LogP contribution in [-0.4, -0.2) is 17.9 Å². The molecular formula is C22H25N3O2. The maximum atomic E-state index is 13.0. The molecule has 27 heavy (non-hydrogen) atoms. The van der Waals surface area contributed by atoms with E-state index in [1.165, 1.54) is 0 Å². The topological polar surface area (TPSA) is 94.1 Å². The Morgan fingerprint density at radius 3 is 2.74 bits per heavy atom. The Morgan fingerprint density at radius 1 is 1.22 bits per heavy atom. The molecule has 3 aromatic rings. The number of benzene rings is 2.